The molecule has 0 aliphatic carbocycles. The second-order valence-corrected chi connectivity index (χ2v) is 11.4. The van der Waals surface area contributed by atoms with Gasteiger partial charge in [-0.1, -0.05) is 32.2 Å². The summed E-state index contributed by atoms with van der Waals surface area (Å²) in [5.41, 5.74) is 0.908. The normalized spacial score (nSPS) is 26.8. The number of hydrogen-bond acceptors (Lipinski definition) is 9. The van der Waals surface area contributed by atoms with E-state index in [9.17, 15) is 24.6 Å². The van der Waals surface area contributed by atoms with Gasteiger partial charge in [0.1, 0.15) is 18.9 Å². The molecule has 2 N–H and O–H groups in total. The molecule has 6 atom stereocenters. The number of likely N-dealkylation sites (tertiary alicyclic amines) is 1. The van der Waals surface area contributed by atoms with Gasteiger partial charge in [-0.25, -0.2) is 14.6 Å². The van der Waals surface area contributed by atoms with Gasteiger partial charge < -0.3 is 34.1 Å². The van der Waals surface area contributed by atoms with Gasteiger partial charge in [0.25, 0.3) is 0 Å². The number of aliphatic hydroxyl groups is 2. The minimum Gasteiger partial charge on any atom is -0.457 e. The van der Waals surface area contributed by atoms with Gasteiger partial charge in [0.15, 0.2) is 0 Å². The van der Waals surface area contributed by atoms with E-state index in [1.54, 1.807) is 24.3 Å². The molecule has 0 radical (unpaired) electrons. The predicted octanol–water partition coefficient (Wildman–Crippen LogP) is 2.06. The summed E-state index contributed by atoms with van der Waals surface area (Å²) >= 11 is 1.48. The molecule has 0 bridgehead atoms. The second-order valence-electron chi connectivity index (χ2n) is 10.0. The first-order valence-corrected chi connectivity index (χ1v) is 14.0. The number of fused-ring (bicyclic) bond motifs is 1. The number of aromatic nitrogens is 2. The van der Waals surface area contributed by atoms with Crippen molar-refractivity contribution >= 4 is 29.7 Å². The summed E-state index contributed by atoms with van der Waals surface area (Å²) in [5.74, 6) is -1.66. The van der Waals surface area contributed by atoms with Crippen LogP contribution in [0.2, 0.25) is 0 Å². The monoisotopic (exact) mass is 560 g/mol. The van der Waals surface area contributed by atoms with Crippen molar-refractivity contribution in [1.82, 2.24) is 19.4 Å². The second kappa shape index (κ2) is 12.4. The third-order valence-electron chi connectivity index (χ3n) is 7.53. The maximum atomic E-state index is 13.1. The largest absolute Gasteiger partial charge is 0.457 e. The highest BCUT2D eigenvalue weighted by molar-refractivity contribution is 8.03. The molecule has 2 saturated heterocycles. The number of aliphatic hydroxyl groups excluding tert-OH is 2. The number of ether oxygens (including phenoxy) is 2. The highest BCUT2D eigenvalue weighted by Crippen LogP contribution is 2.52. The predicted molar refractivity (Wildman–Crippen MR) is 144 cm³/mol. The van der Waals surface area contributed by atoms with E-state index in [2.05, 4.69) is 18.1 Å². The number of imidazole rings is 1. The fraction of sp³-hybridized carbons (Fsp3) is 0.556. The Bertz CT molecular complexity index is 1150. The van der Waals surface area contributed by atoms with Crippen LogP contribution in [0, 0.1) is 11.8 Å². The van der Waals surface area contributed by atoms with Crippen LogP contribution in [0.25, 0.3) is 0 Å². The standard InChI is InChI=1S/C27H36N4O7S/c1-5-9-37-26(35)23-24(16(3)22-21(17(4)33)25(34)31(22)23)39-20-11-18(30(13-20)27(36)38-10-6-2)7-8-29-15-28-12-19(29)14-32/h5-6,12,15-18,20-22,32-33H,1-2,7-11,13-14H2,3-4H3/t16-,17-,18-,20+,21-,22-/m1/s1. The summed E-state index contributed by atoms with van der Waals surface area (Å²) in [6.07, 6.45) is 6.21. The molecule has 39 heavy (non-hydrogen) atoms. The Balaban J connectivity index is 1.56. The molecule has 2 fully saturated rings. The first-order chi connectivity index (χ1) is 18.7. The first-order valence-electron chi connectivity index (χ1n) is 13.1. The molecule has 0 spiro atoms. The Morgan fingerprint density at radius 2 is 2.00 bits per heavy atom. The van der Waals surface area contributed by atoms with Crippen LogP contribution in [0.3, 0.4) is 0 Å². The van der Waals surface area contributed by atoms with Crippen LogP contribution in [0.5, 0.6) is 0 Å². The molecule has 12 heteroatoms. The van der Waals surface area contributed by atoms with Crippen molar-refractivity contribution in [2.75, 3.05) is 19.8 Å². The third kappa shape index (κ3) is 5.64. The fourth-order valence-corrected chi connectivity index (χ4v) is 7.25. The maximum absolute atomic E-state index is 13.1. The molecular weight excluding hydrogens is 524 g/mol. The average molecular weight is 561 g/mol. The van der Waals surface area contributed by atoms with Crippen molar-refractivity contribution in [3.8, 4) is 0 Å². The number of amides is 2. The Hall–Kier alpha value is -3.09. The van der Waals surface area contributed by atoms with Gasteiger partial charge >= 0.3 is 12.1 Å². The summed E-state index contributed by atoms with van der Waals surface area (Å²) in [5, 5.41) is 19.7. The van der Waals surface area contributed by atoms with E-state index in [0.29, 0.717) is 31.6 Å². The van der Waals surface area contributed by atoms with Crippen LogP contribution in [-0.4, -0.2) is 90.7 Å². The molecule has 2 amide bonds. The number of esters is 1. The number of thioether (sulfide) groups is 1. The Morgan fingerprint density at radius 1 is 1.28 bits per heavy atom. The van der Waals surface area contributed by atoms with Gasteiger partial charge in [0, 0.05) is 35.2 Å². The summed E-state index contributed by atoms with van der Waals surface area (Å²) in [6, 6.07) is -0.471. The number of rotatable bonds is 12. The van der Waals surface area contributed by atoms with E-state index in [0.717, 1.165) is 4.91 Å². The molecule has 3 aliphatic rings. The number of nitrogens with zero attached hydrogens (tertiary/aromatic N) is 4. The molecule has 4 heterocycles. The minimum absolute atomic E-state index is 0.0136. The zero-order valence-electron chi connectivity index (χ0n) is 22.3. The van der Waals surface area contributed by atoms with Gasteiger partial charge in [-0.15, -0.1) is 11.8 Å². The number of carbonyl (C=O) groups is 3. The van der Waals surface area contributed by atoms with E-state index in [1.165, 1.54) is 28.8 Å². The van der Waals surface area contributed by atoms with Crippen molar-refractivity contribution in [1.29, 1.82) is 0 Å². The molecule has 0 unspecified atom stereocenters. The lowest BCUT2D eigenvalue weighted by Crippen LogP contribution is -2.63. The van der Waals surface area contributed by atoms with E-state index in [1.807, 2.05) is 11.5 Å². The molecule has 0 aromatic carbocycles. The molecule has 1 aromatic rings. The van der Waals surface area contributed by atoms with Gasteiger partial charge in [-0.05, 0) is 19.8 Å². The minimum atomic E-state index is -0.839. The van der Waals surface area contributed by atoms with Crippen LogP contribution < -0.4 is 0 Å². The molecule has 4 rings (SSSR count). The van der Waals surface area contributed by atoms with E-state index in [4.69, 9.17) is 9.47 Å². The Morgan fingerprint density at radius 3 is 2.67 bits per heavy atom. The smallest absolute Gasteiger partial charge is 0.410 e. The summed E-state index contributed by atoms with van der Waals surface area (Å²) in [7, 11) is 0. The number of carbonyl (C=O) groups excluding carboxylic acids is 3. The van der Waals surface area contributed by atoms with Gasteiger partial charge in [-0.2, -0.15) is 0 Å². The zero-order valence-corrected chi connectivity index (χ0v) is 23.1. The van der Waals surface area contributed by atoms with Gasteiger partial charge in [-0.3, -0.25) is 4.79 Å². The summed E-state index contributed by atoms with van der Waals surface area (Å²) in [4.78, 5) is 46.9. The summed E-state index contributed by atoms with van der Waals surface area (Å²) in [6.45, 7) is 11.7. The molecule has 0 saturated carbocycles. The molecular formula is C27H36N4O7S. The van der Waals surface area contributed by atoms with Crippen molar-refractivity contribution < 1.29 is 34.1 Å². The Kier molecular flexibility index (Phi) is 9.19. The quantitative estimate of drug-likeness (QED) is 0.224. The van der Waals surface area contributed by atoms with Gasteiger partial charge in [0.2, 0.25) is 5.91 Å². The highest BCUT2D eigenvalue weighted by atomic mass is 32.2. The lowest BCUT2D eigenvalue weighted by atomic mass is 9.79. The third-order valence-corrected chi connectivity index (χ3v) is 9.02. The topological polar surface area (TPSA) is 134 Å². The molecule has 212 valence electrons. The van der Waals surface area contributed by atoms with Crippen molar-refractivity contribution in [2.24, 2.45) is 11.8 Å². The summed E-state index contributed by atoms with van der Waals surface area (Å²) < 4.78 is 12.5. The van der Waals surface area contributed by atoms with Crippen LogP contribution in [0.4, 0.5) is 4.79 Å². The first kappa shape index (κ1) is 28.9. The molecule has 1 aromatic heterocycles. The molecule has 11 nitrogen and oxygen atoms in total. The number of β-lactam (4-membered cyclic amide) rings is 1. The number of hydrogen-bond donors (Lipinski definition) is 2. The fourth-order valence-electron chi connectivity index (χ4n) is 5.69. The van der Waals surface area contributed by atoms with Crippen LogP contribution in [-0.2, 0) is 32.2 Å². The lowest BCUT2D eigenvalue weighted by Gasteiger charge is -2.46. The zero-order chi connectivity index (χ0) is 28.3. The van der Waals surface area contributed by atoms with Crippen molar-refractivity contribution in [3.05, 3.63) is 54.1 Å². The van der Waals surface area contributed by atoms with Crippen molar-refractivity contribution in [3.63, 3.8) is 0 Å². The highest BCUT2D eigenvalue weighted by Gasteiger charge is 2.60. The van der Waals surface area contributed by atoms with Crippen LogP contribution >= 0.6 is 11.8 Å². The molecule has 3 aliphatic heterocycles. The van der Waals surface area contributed by atoms with Crippen LogP contribution in [0.15, 0.2) is 48.4 Å². The van der Waals surface area contributed by atoms with E-state index < -0.39 is 24.1 Å². The Labute approximate surface area is 232 Å². The van der Waals surface area contributed by atoms with Crippen LogP contribution in [0.1, 0.15) is 32.4 Å². The lowest BCUT2D eigenvalue weighted by molar-refractivity contribution is -0.164. The van der Waals surface area contributed by atoms with E-state index in [-0.39, 0.29) is 54.7 Å². The van der Waals surface area contributed by atoms with E-state index >= 15 is 0 Å². The van der Waals surface area contributed by atoms with Crippen molar-refractivity contribution in [2.45, 2.75) is 63.3 Å². The average Bonchev–Trinajstić information content (AvgIpc) is 3.60. The van der Waals surface area contributed by atoms with Gasteiger partial charge in [0.05, 0.1) is 42.9 Å². The maximum Gasteiger partial charge on any atom is 0.410 e. The SMILES string of the molecule is C=CCOC(=O)C1=C(S[C@H]2C[C@@H](CCn3cncc3CO)N(C(=O)OCC=C)C2)[C@H](C)[C@@H]2[C@@H]([C@@H](C)O)C(=O)N12. The number of aryl methyl sites for hydroxylation is 1.